The van der Waals surface area contributed by atoms with Crippen molar-refractivity contribution in [1.82, 2.24) is 5.32 Å². The van der Waals surface area contributed by atoms with Crippen LogP contribution in [0.4, 0.5) is 0 Å². The Labute approximate surface area is 137 Å². The van der Waals surface area contributed by atoms with Gasteiger partial charge in [0.05, 0.1) is 6.04 Å². The molecule has 0 fully saturated rings. The summed E-state index contributed by atoms with van der Waals surface area (Å²) < 4.78 is 5.04. The molecule has 1 aromatic carbocycles. The van der Waals surface area contributed by atoms with Crippen LogP contribution in [0.15, 0.2) is 43.0 Å². The highest BCUT2D eigenvalue weighted by atomic mass is 16.5. The van der Waals surface area contributed by atoms with E-state index in [4.69, 9.17) is 10.5 Å². The predicted octanol–water partition coefficient (Wildman–Crippen LogP) is 1.82. The van der Waals surface area contributed by atoms with Gasteiger partial charge in [-0.05, 0) is 24.3 Å². The predicted molar refractivity (Wildman–Crippen MR) is 90.7 cm³/mol. The Morgan fingerprint density at radius 2 is 1.96 bits per heavy atom. The average Bonchev–Trinajstić information content (AvgIpc) is 2.52. The number of amides is 1. The molecule has 1 amide bonds. The van der Waals surface area contributed by atoms with Gasteiger partial charge in [-0.1, -0.05) is 56.8 Å². The van der Waals surface area contributed by atoms with Crippen molar-refractivity contribution in [2.24, 2.45) is 11.7 Å². The van der Waals surface area contributed by atoms with Crippen molar-refractivity contribution in [3.8, 4) is 0 Å². The topological polar surface area (TPSA) is 81.4 Å². The van der Waals surface area contributed by atoms with Gasteiger partial charge in [0, 0.05) is 0 Å². The summed E-state index contributed by atoms with van der Waals surface area (Å²) in [6.07, 6.45) is 2.41. The van der Waals surface area contributed by atoms with Crippen molar-refractivity contribution in [3.63, 3.8) is 0 Å². The molecule has 0 aliphatic heterocycles. The van der Waals surface area contributed by atoms with Crippen LogP contribution in [0, 0.1) is 5.92 Å². The summed E-state index contributed by atoms with van der Waals surface area (Å²) in [5.41, 5.74) is 6.92. The second-order valence-corrected chi connectivity index (χ2v) is 5.91. The average molecular weight is 318 g/mol. The zero-order valence-corrected chi connectivity index (χ0v) is 13.8. The number of rotatable bonds is 9. The van der Waals surface area contributed by atoms with Crippen molar-refractivity contribution in [2.75, 3.05) is 6.61 Å². The molecule has 2 atom stereocenters. The third-order valence-electron chi connectivity index (χ3n) is 3.29. The Morgan fingerprint density at radius 1 is 1.30 bits per heavy atom. The molecule has 23 heavy (non-hydrogen) atoms. The molecule has 3 N–H and O–H groups in total. The maximum Gasteiger partial charge on any atom is 0.328 e. The number of carbonyl (C=O) groups excluding carboxylic acids is 2. The lowest BCUT2D eigenvalue weighted by atomic mass is 10.0. The molecule has 1 aromatic rings. The van der Waals surface area contributed by atoms with Gasteiger partial charge in [0.1, 0.15) is 12.6 Å². The summed E-state index contributed by atoms with van der Waals surface area (Å²) in [4.78, 5) is 24.3. The molecule has 2 unspecified atom stereocenters. The highest BCUT2D eigenvalue weighted by molar-refractivity contribution is 5.87. The van der Waals surface area contributed by atoms with E-state index in [0.717, 1.165) is 5.56 Å². The second-order valence-electron chi connectivity index (χ2n) is 5.91. The van der Waals surface area contributed by atoms with E-state index >= 15 is 0 Å². The minimum absolute atomic E-state index is 0.124. The number of hydrogen-bond donors (Lipinski definition) is 2. The van der Waals surface area contributed by atoms with Gasteiger partial charge < -0.3 is 15.8 Å². The van der Waals surface area contributed by atoms with Crippen LogP contribution in [0.2, 0.25) is 0 Å². The first-order valence-corrected chi connectivity index (χ1v) is 7.81. The third-order valence-corrected chi connectivity index (χ3v) is 3.29. The molecule has 126 valence electrons. The Hall–Kier alpha value is -2.14. The number of hydrogen-bond acceptors (Lipinski definition) is 4. The summed E-state index contributed by atoms with van der Waals surface area (Å²) in [5.74, 6) is -0.573. The van der Waals surface area contributed by atoms with Crippen LogP contribution in [-0.2, 0) is 20.7 Å². The Bertz CT molecular complexity index is 514. The maximum absolute atomic E-state index is 12.3. The maximum atomic E-state index is 12.3. The molecular formula is C18H26N2O3. The normalized spacial score (nSPS) is 13.2. The van der Waals surface area contributed by atoms with Crippen LogP contribution < -0.4 is 11.1 Å². The van der Waals surface area contributed by atoms with Crippen LogP contribution in [0.3, 0.4) is 0 Å². The Balaban J connectivity index is 2.63. The fraction of sp³-hybridized carbons (Fsp3) is 0.444. The van der Waals surface area contributed by atoms with Gasteiger partial charge in [-0.15, -0.1) is 0 Å². The summed E-state index contributed by atoms with van der Waals surface area (Å²) in [6, 6.07) is 8.13. The van der Waals surface area contributed by atoms with Crippen LogP contribution in [0.1, 0.15) is 25.8 Å². The van der Waals surface area contributed by atoms with Crippen molar-refractivity contribution in [3.05, 3.63) is 48.6 Å². The molecular weight excluding hydrogens is 292 g/mol. The fourth-order valence-electron chi connectivity index (χ4n) is 2.17. The Kier molecular flexibility index (Phi) is 8.05. The van der Waals surface area contributed by atoms with Crippen molar-refractivity contribution < 1.29 is 14.3 Å². The number of esters is 1. The highest BCUT2D eigenvalue weighted by Crippen LogP contribution is 2.08. The molecule has 0 aromatic heterocycles. The van der Waals surface area contributed by atoms with E-state index < -0.39 is 18.1 Å². The standard InChI is InChI=1S/C18H26N2O3/c1-4-10-23-18(22)16(11-13(2)3)20-17(21)15(19)12-14-8-6-5-7-9-14/h4-9,13,15-16H,1,10-12,19H2,2-3H3,(H,20,21). The van der Waals surface area contributed by atoms with E-state index in [1.54, 1.807) is 0 Å². The molecule has 0 bridgehead atoms. The van der Waals surface area contributed by atoms with Crippen LogP contribution >= 0.6 is 0 Å². The molecule has 0 radical (unpaired) electrons. The number of ether oxygens (including phenoxy) is 1. The molecule has 5 nitrogen and oxygen atoms in total. The summed E-state index contributed by atoms with van der Waals surface area (Å²) in [5, 5.41) is 2.70. The van der Waals surface area contributed by atoms with Gasteiger partial charge in [-0.25, -0.2) is 4.79 Å². The van der Waals surface area contributed by atoms with E-state index in [1.807, 2.05) is 44.2 Å². The molecule has 0 aliphatic carbocycles. The van der Waals surface area contributed by atoms with Gasteiger partial charge in [-0.2, -0.15) is 0 Å². The quantitative estimate of drug-likeness (QED) is 0.537. The SMILES string of the molecule is C=CCOC(=O)C(CC(C)C)NC(=O)C(N)Cc1ccccc1. The first-order chi connectivity index (χ1) is 10.9. The van der Waals surface area contributed by atoms with E-state index in [2.05, 4.69) is 11.9 Å². The number of nitrogens with one attached hydrogen (secondary N) is 1. The molecule has 0 aliphatic rings. The lowest BCUT2D eigenvalue weighted by molar-refractivity contribution is -0.147. The molecule has 1 rings (SSSR count). The summed E-state index contributed by atoms with van der Waals surface area (Å²) in [7, 11) is 0. The first kappa shape index (κ1) is 18.9. The third kappa shape index (κ3) is 7.10. The van der Waals surface area contributed by atoms with Crippen molar-refractivity contribution in [1.29, 1.82) is 0 Å². The van der Waals surface area contributed by atoms with Gasteiger partial charge >= 0.3 is 5.97 Å². The second kappa shape index (κ2) is 9.79. The lowest BCUT2D eigenvalue weighted by Gasteiger charge is -2.21. The van der Waals surface area contributed by atoms with E-state index in [1.165, 1.54) is 6.08 Å². The minimum Gasteiger partial charge on any atom is -0.460 e. The van der Waals surface area contributed by atoms with Crippen LogP contribution in [0.25, 0.3) is 0 Å². The highest BCUT2D eigenvalue weighted by Gasteiger charge is 2.25. The summed E-state index contributed by atoms with van der Waals surface area (Å²) in [6.45, 7) is 7.58. The Morgan fingerprint density at radius 3 is 2.52 bits per heavy atom. The first-order valence-electron chi connectivity index (χ1n) is 7.81. The van der Waals surface area contributed by atoms with Gasteiger partial charge in [0.15, 0.2) is 0 Å². The van der Waals surface area contributed by atoms with Gasteiger partial charge in [0.2, 0.25) is 5.91 Å². The van der Waals surface area contributed by atoms with Crippen molar-refractivity contribution in [2.45, 2.75) is 38.8 Å². The van der Waals surface area contributed by atoms with Gasteiger partial charge in [-0.3, -0.25) is 4.79 Å². The smallest absolute Gasteiger partial charge is 0.328 e. The molecule has 0 saturated heterocycles. The molecule has 0 heterocycles. The monoisotopic (exact) mass is 318 g/mol. The molecule has 0 saturated carbocycles. The van der Waals surface area contributed by atoms with Gasteiger partial charge in [0.25, 0.3) is 0 Å². The largest absolute Gasteiger partial charge is 0.460 e. The lowest BCUT2D eigenvalue weighted by Crippen LogP contribution is -2.50. The molecule has 5 heteroatoms. The van der Waals surface area contributed by atoms with E-state index in [9.17, 15) is 9.59 Å². The fourth-order valence-corrected chi connectivity index (χ4v) is 2.17. The number of carbonyl (C=O) groups is 2. The van der Waals surface area contributed by atoms with E-state index in [0.29, 0.717) is 12.8 Å². The summed E-state index contributed by atoms with van der Waals surface area (Å²) >= 11 is 0. The minimum atomic E-state index is -0.709. The molecule has 0 spiro atoms. The van der Waals surface area contributed by atoms with Crippen molar-refractivity contribution >= 4 is 11.9 Å². The number of benzene rings is 1. The van der Waals surface area contributed by atoms with Crippen LogP contribution in [-0.4, -0.2) is 30.6 Å². The van der Waals surface area contributed by atoms with E-state index in [-0.39, 0.29) is 18.4 Å². The zero-order valence-electron chi connectivity index (χ0n) is 13.8. The zero-order chi connectivity index (χ0) is 17.2. The number of nitrogens with two attached hydrogens (primary N) is 1. The van der Waals surface area contributed by atoms with Crippen LogP contribution in [0.5, 0.6) is 0 Å².